The van der Waals surface area contributed by atoms with Crippen LogP contribution in [0.3, 0.4) is 0 Å². The van der Waals surface area contributed by atoms with Crippen molar-refractivity contribution < 1.29 is 9.47 Å². The molecule has 8 heteroatoms. The number of nitrogens with one attached hydrogen (secondary N) is 2. The number of piperidine rings is 1. The van der Waals surface area contributed by atoms with Gasteiger partial charge in [0.1, 0.15) is 11.5 Å². The van der Waals surface area contributed by atoms with Gasteiger partial charge in [-0.1, -0.05) is 6.92 Å². The Morgan fingerprint density at radius 3 is 2.26 bits per heavy atom. The minimum atomic E-state index is 0. The summed E-state index contributed by atoms with van der Waals surface area (Å²) in [5, 5.41) is 7.10. The zero-order valence-corrected chi connectivity index (χ0v) is 21.9. The Morgan fingerprint density at radius 2 is 1.71 bits per heavy atom. The molecule has 1 aromatic carbocycles. The van der Waals surface area contributed by atoms with Crippen LogP contribution in [0.25, 0.3) is 0 Å². The summed E-state index contributed by atoms with van der Waals surface area (Å²) < 4.78 is 10.9. The van der Waals surface area contributed by atoms with Crippen LogP contribution in [0.5, 0.6) is 11.5 Å². The Balaban J connectivity index is 0.00000341. The number of nitrogens with zero attached hydrogens (tertiary/aromatic N) is 3. The molecule has 2 fully saturated rings. The largest absolute Gasteiger partial charge is 0.497 e. The average molecular weight is 546 g/mol. The van der Waals surface area contributed by atoms with Gasteiger partial charge in [0.2, 0.25) is 0 Å². The third-order valence-electron chi connectivity index (χ3n) is 6.21. The highest BCUT2D eigenvalue weighted by atomic mass is 127. The summed E-state index contributed by atoms with van der Waals surface area (Å²) in [5.41, 5.74) is 1.16. The minimum Gasteiger partial charge on any atom is -0.497 e. The van der Waals surface area contributed by atoms with E-state index in [9.17, 15) is 0 Å². The summed E-state index contributed by atoms with van der Waals surface area (Å²) in [5.74, 6) is 3.32. The van der Waals surface area contributed by atoms with Crippen molar-refractivity contribution in [3.63, 3.8) is 0 Å². The van der Waals surface area contributed by atoms with E-state index >= 15 is 0 Å². The van der Waals surface area contributed by atoms with Gasteiger partial charge in [0.05, 0.1) is 14.2 Å². The van der Waals surface area contributed by atoms with Crippen molar-refractivity contribution in [1.82, 2.24) is 15.5 Å². The van der Waals surface area contributed by atoms with E-state index in [-0.39, 0.29) is 24.0 Å². The summed E-state index contributed by atoms with van der Waals surface area (Å²) in [7, 11) is 3.39. The van der Waals surface area contributed by atoms with Crippen molar-refractivity contribution in [2.24, 2.45) is 10.9 Å². The summed E-state index contributed by atoms with van der Waals surface area (Å²) in [4.78, 5) is 9.83. The SMILES string of the molecule is CCNC(=NCC1CCN(CC)C1)NC1CCN(c2cc(OC)cc(OC)c2)CC1.I. The van der Waals surface area contributed by atoms with Crippen molar-refractivity contribution in [3.8, 4) is 11.5 Å². The van der Waals surface area contributed by atoms with Gasteiger partial charge >= 0.3 is 0 Å². The lowest BCUT2D eigenvalue weighted by molar-refractivity contribution is 0.343. The van der Waals surface area contributed by atoms with Gasteiger partial charge in [-0.15, -0.1) is 24.0 Å². The third kappa shape index (κ3) is 7.59. The summed E-state index contributed by atoms with van der Waals surface area (Å²) in [6.07, 6.45) is 3.42. The maximum absolute atomic E-state index is 5.43. The highest BCUT2D eigenvalue weighted by molar-refractivity contribution is 14.0. The first kappa shape index (κ1) is 25.8. The first-order chi connectivity index (χ1) is 14.6. The lowest BCUT2D eigenvalue weighted by Gasteiger charge is -2.35. The molecule has 0 aliphatic carbocycles. The molecule has 0 bridgehead atoms. The molecule has 2 saturated heterocycles. The monoisotopic (exact) mass is 545 g/mol. The second-order valence-corrected chi connectivity index (χ2v) is 8.24. The van der Waals surface area contributed by atoms with E-state index in [1.54, 1.807) is 14.2 Å². The maximum atomic E-state index is 5.43. The van der Waals surface area contributed by atoms with Gasteiger partial charge in [-0.3, -0.25) is 4.99 Å². The van der Waals surface area contributed by atoms with E-state index in [0.717, 1.165) is 68.7 Å². The molecule has 2 aliphatic rings. The van der Waals surface area contributed by atoms with E-state index in [1.165, 1.54) is 19.5 Å². The van der Waals surface area contributed by atoms with Crippen LogP contribution in [-0.2, 0) is 0 Å². The summed E-state index contributed by atoms with van der Waals surface area (Å²) in [6.45, 7) is 11.7. The normalized spacial score (nSPS) is 20.3. The first-order valence-corrected chi connectivity index (χ1v) is 11.4. The first-order valence-electron chi connectivity index (χ1n) is 11.4. The molecule has 1 atom stereocenters. The molecule has 2 heterocycles. The van der Waals surface area contributed by atoms with Crippen LogP contribution in [0.2, 0.25) is 0 Å². The van der Waals surface area contributed by atoms with Crippen LogP contribution >= 0.6 is 24.0 Å². The quantitative estimate of drug-likeness (QED) is 0.298. The van der Waals surface area contributed by atoms with Crippen molar-refractivity contribution >= 4 is 35.6 Å². The Labute approximate surface area is 205 Å². The lowest BCUT2D eigenvalue weighted by atomic mass is 10.0. The van der Waals surface area contributed by atoms with E-state index in [4.69, 9.17) is 14.5 Å². The van der Waals surface area contributed by atoms with Gasteiger partial charge in [-0.25, -0.2) is 0 Å². The summed E-state index contributed by atoms with van der Waals surface area (Å²) in [6, 6.07) is 6.54. The summed E-state index contributed by atoms with van der Waals surface area (Å²) >= 11 is 0. The van der Waals surface area contributed by atoms with Crippen LogP contribution < -0.4 is 25.0 Å². The van der Waals surface area contributed by atoms with Crippen LogP contribution in [0.1, 0.15) is 33.1 Å². The fourth-order valence-corrected chi connectivity index (χ4v) is 4.34. The van der Waals surface area contributed by atoms with Gasteiger partial charge in [-0.2, -0.15) is 0 Å². The van der Waals surface area contributed by atoms with Crippen LogP contribution in [-0.4, -0.2) is 76.9 Å². The van der Waals surface area contributed by atoms with Gasteiger partial charge in [0.25, 0.3) is 0 Å². The number of methoxy groups -OCH3 is 2. The minimum absolute atomic E-state index is 0. The van der Waals surface area contributed by atoms with Gasteiger partial charge in [0.15, 0.2) is 5.96 Å². The Kier molecular flexibility index (Phi) is 11.0. The Hall–Kier alpha value is -1.42. The highest BCUT2D eigenvalue weighted by Crippen LogP contribution is 2.30. The van der Waals surface area contributed by atoms with E-state index in [1.807, 2.05) is 6.07 Å². The zero-order valence-electron chi connectivity index (χ0n) is 19.5. The van der Waals surface area contributed by atoms with Gasteiger partial charge < -0.3 is 29.9 Å². The smallest absolute Gasteiger partial charge is 0.191 e. The molecule has 0 aromatic heterocycles. The molecule has 7 nitrogen and oxygen atoms in total. The van der Waals surface area contributed by atoms with Crippen LogP contribution in [0.15, 0.2) is 23.2 Å². The number of aliphatic imine (C=N–C) groups is 1. The molecular formula is C23H40IN5O2. The number of hydrogen-bond acceptors (Lipinski definition) is 5. The maximum Gasteiger partial charge on any atom is 0.191 e. The number of halogens is 1. The molecule has 0 spiro atoms. The number of benzene rings is 1. The highest BCUT2D eigenvalue weighted by Gasteiger charge is 2.23. The number of guanidine groups is 1. The zero-order chi connectivity index (χ0) is 21.3. The van der Waals surface area contributed by atoms with E-state index < -0.39 is 0 Å². The third-order valence-corrected chi connectivity index (χ3v) is 6.21. The molecule has 176 valence electrons. The molecule has 0 radical (unpaired) electrons. The molecule has 0 amide bonds. The molecule has 1 aromatic rings. The topological polar surface area (TPSA) is 61.4 Å². The molecule has 0 saturated carbocycles. The number of ether oxygens (including phenoxy) is 2. The van der Waals surface area contributed by atoms with Gasteiger partial charge in [-0.05, 0) is 45.2 Å². The number of rotatable bonds is 8. The van der Waals surface area contributed by atoms with E-state index in [2.05, 4.69) is 46.4 Å². The Bertz CT molecular complexity index is 672. The van der Waals surface area contributed by atoms with Crippen LogP contribution in [0, 0.1) is 5.92 Å². The molecule has 1 unspecified atom stereocenters. The number of hydrogen-bond donors (Lipinski definition) is 2. The predicted molar refractivity (Wildman–Crippen MR) is 140 cm³/mol. The second kappa shape index (κ2) is 13.2. The van der Waals surface area contributed by atoms with Gasteiger partial charge in [0, 0.05) is 62.7 Å². The van der Waals surface area contributed by atoms with Crippen molar-refractivity contribution in [1.29, 1.82) is 0 Å². The van der Waals surface area contributed by atoms with Crippen LogP contribution in [0.4, 0.5) is 5.69 Å². The number of likely N-dealkylation sites (tertiary alicyclic amines) is 1. The fourth-order valence-electron chi connectivity index (χ4n) is 4.34. The number of anilines is 1. The standard InChI is InChI=1S/C23H39N5O2.HI/c1-5-24-23(25-16-18-7-10-27(6-2)17-18)26-19-8-11-28(12-9-19)20-13-21(29-3)15-22(14-20)30-4;/h13-15,18-19H,5-12,16-17H2,1-4H3,(H2,24,25,26);1H. The fraction of sp³-hybridized carbons (Fsp3) is 0.696. The lowest BCUT2D eigenvalue weighted by Crippen LogP contribution is -2.49. The molecular weight excluding hydrogens is 505 g/mol. The Morgan fingerprint density at radius 1 is 1.03 bits per heavy atom. The molecule has 2 N–H and O–H groups in total. The second-order valence-electron chi connectivity index (χ2n) is 8.24. The van der Waals surface area contributed by atoms with E-state index in [0.29, 0.717) is 12.0 Å². The van der Waals surface area contributed by atoms with Crippen molar-refractivity contribution in [2.75, 3.05) is 64.9 Å². The molecule has 2 aliphatic heterocycles. The molecule has 3 rings (SSSR count). The van der Waals surface area contributed by atoms with Crippen molar-refractivity contribution in [3.05, 3.63) is 18.2 Å². The average Bonchev–Trinajstić information content (AvgIpc) is 3.26. The predicted octanol–water partition coefficient (Wildman–Crippen LogP) is 3.19. The molecule has 31 heavy (non-hydrogen) atoms. The van der Waals surface area contributed by atoms with Crippen molar-refractivity contribution in [2.45, 2.75) is 39.2 Å².